The quantitative estimate of drug-likeness (QED) is 0.856. The maximum Gasteiger partial charge on any atom is 0.323 e. The van der Waals surface area contributed by atoms with Crippen LogP contribution in [0.25, 0.3) is 11.3 Å². The molecular weight excluding hydrogens is 228 g/mol. The average Bonchev–Trinajstić information content (AvgIpc) is 2.73. The van der Waals surface area contributed by atoms with Gasteiger partial charge in [-0.15, -0.1) is 0 Å². The van der Waals surface area contributed by atoms with Crippen LogP contribution in [0, 0.1) is 0 Å². The monoisotopic (exact) mass is 246 g/mol. The van der Waals surface area contributed by atoms with Crippen molar-refractivity contribution in [2.75, 3.05) is 7.11 Å². The number of hydrogen-bond acceptors (Lipinski definition) is 2. The summed E-state index contributed by atoms with van der Waals surface area (Å²) in [5, 5.41) is 0. The minimum absolute atomic E-state index is 0.0532. The molecular formula is C14H18N2O2. The molecule has 0 radical (unpaired) electrons. The van der Waals surface area contributed by atoms with Crippen LogP contribution in [0.2, 0.25) is 0 Å². The van der Waals surface area contributed by atoms with E-state index >= 15 is 0 Å². The Bertz CT molecular complexity index is 603. The van der Waals surface area contributed by atoms with E-state index in [2.05, 4.69) is 36.8 Å². The molecule has 4 heteroatoms. The fourth-order valence-electron chi connectivity index (χ4n) is 1.86. The van der Waals surface area contributed by atoms with E-state index in [9.17, 15) is 4.79 Å². The molecule has 0 saturated carbocycles. The van der Waals surface area contributed by atoms with Gasteiger partial charge in [-0.05, 0) is 23.1 Å². The van der Waals surface area contributed by atoms with Crippen LogP contribution in [-0.2, 0) is 5.41 Å². The lowest BCUT2D eigenvalue weighted by Gasteiger charge is -2.20. The zero-order valence-corrected chi connectivity index (χ0v) is 11.1. The van der Waals surface area contributed by atoms with Crippen LogP contribution in [0.15, 0.2) is 29.2 Å². The fourth-order valence-corrected chi connectivity index (χ4v) is 1.86. The lowest BCUT2D eigenvalue weighted by molar-refractivity contribution is 0.415. The summed E-state index contributed by atoms with van der Waals surface area (Å²) in [6, 6.07) is 6.03. The van der Waals surface area contributed by atoms with Gasteiger partial charge in [0.1, 0.15) is 5.75 Å². The first-order valence-electron chi connectivity index (χ1n) is 5.88. The number of H-pyrrole nitrogens is 2. The van der Waals surface area contributed by atoms with E-state index < -0.39 is 0 Å². The summed E-state index contributed by atoms with van der Waals surface area (Å²) >= 11 is 0. The molecule has 0 aliphatic heterocycles. The smallest absolute Gasteiger partial charge is 0.323 e. The van der Waals surface area contributed by atoms with Crippen LogP contribution >= 0.6 is 0 Å². The zero-order chi connectivity index (χ0) is 13.3. The summed E-state index contributed by atoms with van der Waals surface area (Å²) in [6.07, 6.45) is 1.66. The van der Waals surface area contributed by atoms with Gasteiger partial charge < -0.3 is 14.7 Å². The van der Waals surface area contributed by atoms with E-state index in [1.807, 2.05) is 12.1 Å². The zero-order valence-electron chi connectivity index (χ0n) is 11.1. The summed E-state index contributed by atoms with van der Waals surface area (Å²) in [7, 11) is 1.63. The largest absolute Gasteiger partial charge is 0.496 e. The predicted molar refractivity (Wildman–Crippen MR) is 72.1 cm³/mol. The molecule has 0 bridgehead atoms. The Kier molecular flexibility index (Phi) is 3.03. The second kappa shape index (κ2) is 4.37. The van der Waals surface area contributed by atoms with Gasteiger partial charge in [-0.3, -0.25) is 0 Å². The molecule has 96 valence electrons. The molecule has 0 spiro atoms. The Labute approximate surface area is 106 Å². The van der Waals surface area contributed by atoms with Crippen LogP contribution in [0.1, 0.15) is 26.3 Å². The molecule has 0 saturated heterocycles. The molecule has 1 heterocycles. The fraction of sp³-hybridized carbons (Fsp3) is 0.357. The highest BCUT2D eigenvalue weighted by Gasteiger charge is 2.17. The normalized spacial score (nSPS) is 11.6. The highest BCUT2D eigenvalue weighted by atomic mass is 16.5. The Morgan fingerprint density at radius 2 is 1.94 bits per heavy atom. The lowest BCUT2D eigenvalue weighted by Crippen LogP contribution is -2.11. The van der Waals surface area contributed by atoms with Gasteiger partial charge in [0.15, 0.2) is 0 Å². The number of benzene rings is 1. The molecule has 0 unspecified atom stereocenters. The number of nitrogens with one attached hydrogen (secondary N) is 2. The van der Waals surface area contributed by atoms with Gasteiger partial charge in [0.25, 0.3) is 0 Å². The molecule has 1 aromatic heterocycles. The molecule has 0 atom stereocenters. The van der Waals surface area contributed by atoms with Crippen LogP contribution in [0.5, 0.6) is 5.75 Å². The number of aromatic amines is 2. The molecule has 0 amide bonds. The maximum absolute atomic E-state index is 11.2. The van der Waals surface area contributed by atoms with Crippen molar-refractivity contribution >= 4 is 0 Å². The average molecular weight is 246 g/mol. The molecule has 18 heavy (non-hydrogen) atoms. The van der Waals surface area contributed by atoms with Crippen molar-refractivity contribution in [2.24, 2.45) is 0 Å². The van der Waals surface area contributed by atoms with Gasteiger partial charge in [0.05, 0.1) is 12.8 Å². The Balaban J connectivity index is 2.60. The summed E-state index contributed by atoms with van der Waals surface area (Å²) in [5.41, 5.74) is 2.66. The number of aromatic nitrogens is 2. The highest BCUT2D eigenvalue weighted by molar-refractivity contribution is 5.67. The topological polar surface area (TPSA) is 57.9 Å². The first-order valence-corrected chi connectivity index (χ1v) is 5.88. The molecule has 0 aliphatic carbocycles. The summed E-state index contributed by atoms with van der Waals surface area (Å²) in [4.78, 5) is 16.6. The van der Waals surface area contributed by atoms with Crippen molar-refractivity contribution in [1.82, 2.24) is 9.97 Å². The third kappa shape index (κ3) is 2.32. The van der Waals surface area contributed by atoms with E-state index in [-0.39, 0.29) is 11.1 Å². The second-order valence-electron chi connectivity index (χ2n) is 5.32. The molecule has 2 N–H and O–H groups in total. The summed E-state index contributed by atoms with van der Waals surface area (Å²) in [6.45, 7) is 6.45. The minimum atomic E-state index is -0.215. The molecule has 0 fully saturated rings. The standard InChI is InChI=1S/C14H18N2O2/c1-14(2,3)9-5-6-12(18-4)10(7-9)11-8-15-13(17)16-11/h5-8H,1-4H3,(H2,15,16,17). The van der Waals surface area contributed by atoms with E-state index in [1.165, 1.54) is 5.56 Å². The van der Waals surface area contributed by atoms with Gasteiger partial charge in [0.2, 0.25) is 0 Å². The lowest BCUT2D eigenvalue weighted by atomic mass is 9.86. The number of rotatable bonds is 2. The number of imidazole rings is 1. The minimum Gasteiger partial charge on any atom is -0.496 e. The molecule has 2 aromatic rings. The number of methoxy groups -OCH3 is 1. The van der Waals surface area contributed by atoms with E-state index in [4.69, 9.17) is 4.74 Å². The van der Waals surface area contributed by atoms with Crippen molar-refractivity contribution in [2.45, 2.75) is 26.2 Å². The van der Waals surface area contributed by atoms with Crippen LogP contribution in [-0.4, -0.2) is 17.1 Å². The molecule has 0 aliphatic rings. The van der Waals surface area contributed by atoms with Crippen molar-refractivity contribution in [3.63, 3.8) is 0 Å². The van der Waals surface area contributed by atoms with Gasteiger partial charge in [-0.2, -0.15) is 0 Å². The second-order valence-corrected chi connectivity index (χ2v) is 5.32. The Morgan fingerprint density at radius 1 is 1.22 bits per heavy atom. The molecule has 1 aromatic carbocycles. The number of ether oxygens (including phenoxy) is 1. The van der Waals surface area contributed by atoms with Crippen molar-refractivity contribution in [1.29, 1.82) is 0 Å². The van der Waals surface area contributed by atoms with Crippen LogP contribution in [0.3, 0.4) is 0 Å². The van der Waals surface area contributed by atoms with Crippen LogP contribution in [0.4, 0.5) is 0 Å². The van der Waals surface area contributed by atoms with E-state index in [1.54, 1.807) is 13.3 Å². The highest BCUT2D eigenvalue weighted by Crippen LogP contribution is 2.33. The van der Waals surface area contributed by atoms with Crippen LogP contribution < -0.4 is 10.4 Å². The Morgan fingerprint density at radius 3 is 2.44 bits per heavy atom. The third-order valence-electron chi connectivity index (χ3n) is 2.95. The van der Waals surface area contributed by atoms with Crippen molar-refractivity contribution in [3.8, 4) is 17.0 Å². The van der Waals surface area contributed by atoms with Crippen molar-refractivity contribution < 1.29 is 4.74 Å². The van der Waals surface area contributed by atoms with Gasteiger partial charge in [-0.1, -0.05) is 26.8 Å². The van der Waals surface area contributed by atoms with Crippen molar-refractivity contribution in [3.05, 3.63) is 40.4 Å². The predicted octanol–water partition coefficient (Wildman–Crippen LogP) is 2.68. The Hall–Kier alpha value is -1.97. The first-order chi connectivity index (χ1) is 8.41. The molecule has 2 rings (SSSR count). The number of hydrogen-bond donors (Lipinski definition) is 2. The summed E-state index contributed by atoms with van der Waals surface area (Å²) in [5.74, 6) is 0.748. The SMILES string of the molecule is COc1ccc(C(C)(C)C)cc1-c1c[nH]c(=O)[nH]1. The summed E-state index contributed by atoms with van der Waals surface area (Å²) < 4.78 is 5.34. The van der Waals surface area contributed by atoms with Gasteiger partial charge >= 0.3 is 5.69 Å². The maximum atomic E-state index is 11.2. The third-order valence-corrected chi connectivity index (χ3v) is 2.95. The first kappa shape index (κ1) is 12.5. The van der Waals surface area contributed by atoms with Gasteiger partial charge in [0, 0.05) is 11.8 Å². The molecule has 4 nitrogen and oxygen atoms in total. The van der Waals surface area contributed by atoms with E-state index in [0.29, 0.717) is 0 Å². The van der Waals surface area contributed by atoms with E-state index in [0.717, 1.165) is 17.0 Å². The van der Waals surface area contributed by atoms with Gasteiger partial charge in [-0.25, -0.2) is 4.79 Å².